The normalized spacial score (nSPS) is 12.2. The van der Waals surface area contributed by atoms with Crippen LogP contribution >= 0.6 is 0 Å². The summed E-state index contributed by atoms with van der Waals surface area (Å²) in [5, 5.41) is 8.21. The first kappa shape index (κ1) is 9.44. The Hall–Kier alpha value is -1.65. The molecule has 0 aliphatic rings. The number of pyridine rings is 1. The van der Waals surface area contributed by atoms with Gasteiger partial charge in [-0.2, -0.15) is 4.39 Å². The summed E-state index contributed by atoms with van der Waals surface area (Å²) < 4.78 is 17.0. The van der Waals surface area contributed by atoms with Gasteiger partial charge in [0.2, 0.25) is 0 Å². The number of aryl methyl sites for hydroxylation is 1. The summed E-state index contributed by atoms with van der Waals surface area (Å²) in [6.45, 7) is 1.60. The lowest BCUT2D eigenvalue weighted by atomic mass is 10.3. The van der Waals surface area contributed by atoms with Crippen molar-refractivity contribution in [1.82, 2.24) is 4.98 Å². The molecule has 1 rings (SSSR count). The quantitative estimate of drug-likeness (QED) is 0.767. The third-order valence-electron chi connectivity index (χ3n) is 1.38. The van der Waals surface area contributed by atoms with E-state index < -0.39 is 12.3 Å². The number of carboxylic acid groups (broad SMARTS) is 1. The summed E-state index contributed by atoms with van der Waals surface area (Å²) >= 11 is 0. The molecule has 0 aliphatic carbocycles. The molecule has 0 bridgehead atoms. The second-order valence-corrected chi connectivity index (χ2v) is 2.36. The van der Waals surface area contributed by atoms with Crippen LogP contribution < -0.4 is 4.74 Å². The molecule has 70 valence electrons. The van der Waals surface area contributed by atoms with E-state index in [0.29, 0.717) is 5.69 Å². The van der Waals surface area contributed by atoms with Gasteiger partial charge in [-0.15, -0.1) is 0 Å². The number of hydrogen-bond acceptors (Lipinski definition) is 3. The molecule has 0 fully saturated rings. The third kappa shape index (κ3) is 2.40. The van der Waals surface area contributed by atoms with Gasteiger partial charge in [-0.1, -0.05) is 0 Å². The van der Waals surface area contributed by atoms with E-state index >= 15 is 0 Å². The third-order valence-corrected chi connectivity index (χ3v) is 1.38. The molecule has 1 heterocycles. The fraction of sp³-hybridized carbons (Fsp3) is 0.250. The van der Waals surface area contributed by atoms with Crippen molar-refractivity contribution in [1.29, 1.82) is 0 Å². The molecule has 1 atom stereocenters. The summed E-state index contributed by atoms with van der Waals surface area (Å²) in [5.74, 6) is -1.51. The highest BCUT2D eigenvalue weighted by Gasteiger charge is 2.17. The van der Waals surface area contributed by atoms with Crippen molar-refractivity contribution in [2.24, 2.45) is 0 Å². The Labute approximate surface area is 74.0 Å². The molecule has 0 spiro atoms. The number of alkyl halides is 1. The van der Waals surface area contributed by atoms with E-state index in [4.69, 9.17) is 5.11 Å². The maximum atomic E-state index is 12.5. The topological polar surface area (TPSA) is 59.4 Å². The summed E-state index contributed by atoms with van der Waals surface area (Å²) in [7, 11) is 0. The molecule has 1 aromatic rings. The Morgan fingerprint density at radius 2 is 2.46 bits per heavy atom. The fourth-order valence-corrected chi connectivity index (χ4v) is 0.756. The number of carbonyl (C=O) groups is 1. The minimum absolute atomic E-state index is 0.136. The van der Waals surface area contributed by atoms with E-state index in [0.717, 1.165) is 0 Å². The molecule has 0 aromatic carbocycles. The minimum atomic E-state index is -2.34. The zero-order valence-electron chi connectivity index (χ0n) is 6.90. The van der Waals surface area contributed by atoms with Gasteiger partial charge in [0.1, 0.15) is 5.75 Å². The van der Waals surface area contributed by atoms with Gasteiger partial charge in [0.05, 0.1) is 5.69 Å². The Balaban J connectivity index is 2.74. The number of rotatable bonds is 3. The molecule has 0 saturated heterocycles. The van der Waals surface area contributed by atoms with Crippen LogP contribution in [0.3, 0.4) is 0 Å². The highest BCUT2D eigenvalue weighted by molar-refractivity contribution is 5.70. The zero-order chi connectivity index (χ0) is 9.84. The van der Waals surface area contributed by atoms with Crippen LogP contribution in [0.1, 0.15) is 5.69 Å². The lowest BCUT2D eigenvalue weighted by Crippen LogP contribution is -2.21. The smallest absolute Gasteiger partial charge is 0.378 e. The highest BCUT2D eigenvalue weighted by atomic mass is 19.1. The van der Waals surface area contributed by atoms with Crippen LogP contribution in [0.15, 0.2) is 18.3 Å². The van der Waals surface area contributed by atoms with E-state index in [1.807, 2.05) is 0 Å². The maximum Gasteiger partial charge on any atom is 0.378 e. The van der Waals surface area contributed by atoms with Gasteiger partial charge in [-0.25, -0.2) is 4.79 Å². The number of nitrogens with zero attached hydrogens (tertiary/aromatic N) is 1. The van der Waals surface area contributed by atoms with E-state index in [2.05, 4.69) is 9.72 Å². The van der Waals surface area contributed by atoms with Gasteiger partial charge in [-0.05, 0) is 19.1 Å². The van der Waals surface area contributed by atoms with Crippen LogP contribution in [0.25, 0.3) is 0 Å². The molecule has 0 amide bonds. The Bertz CT molecular complexity index is 316. The van der Waals surface area contributed by atoms with Crippen molar-refractivity contribution in [2.45, 2.75) is 13.3 Å². The van der Waals surface area contributed by atoms with Gasteiger partial charge in [0.15, 0.2) is 0 Å². The molecular formula is C8H8FNO3. The summed E-state index contributed by atoms with van der Waals surface area (Å²) in [6.07, 6.45) is -0.834. The van der Waals surface area contributed by atoms with Crippen molar-refractivity contribution >= 4 is 5.97 Å². The summed E-state index contributed by atoms with van der Waals surface area (Å²) in [6, 6.07) is 2.99. The molecule has 0 radical (unpaired) electrons. The van der Waals surface area contributed by atoms with Crippen molar-refractivity contribution < 1.29 is 19.0 Å². The maximum absolute atomic E-state index is 12.5. The molecule has 13 heavy (non-hydrogen) atoms. The van der Waals surface area contributed by atoms with E-state index in [1.54, 1.807) is 6.92 Å². The molecule has 5 heteroatoms. The van der Waals surface area contributed by atoms with Crippen molar-refractivity contribution in [3.63, 3.8) is 0 Å². The monoisotopic (exact) mass is 185 g/mol. The van der Waals surface area contributed by atoms with Crippen LogP contribution in [0, 0.1) is 6.92 Å². The van der Waals surface area contributed by atoms with Crippen molar-refractivity contribution in [3.8, 4) is 5.75 Å². The largest absolute Gasteiger partial charge is 0.476 e. The zero-order valence-corrected chi connectivity index (χ0v) is 6.90. The van der Waals surface area contributed by atoms with Crippen LogP contribution in [-0.4, -0.2) is 22.4 Å². The Kier molecular flexibility index (Phi) is 2.79. The van der Waals surface area contributed by atoms with Crippen LogP contribution in [0.4, 0.5) is 4.39 Å². The molecule has 0 aliphatic heterocycles. The van der Waals surface area contributed by atoms with Crippen molar-refractivity contribution in [2.75, 3.05) is 0 Å². The van der Waals surface area contributed by atoms with Crippen molar-refractivity contribution in [3.05, 3.63) is 24.0 Å². The predicted molar refractivity (Wildman–Crippen MR) is 42.1 cm³/mol. The molecule has 0 saturated carbocycles. The Morgan fingerprint density at radius 1 is 1.77 bits per heavy atom. The first-order chi connectivity index (χ1) is 6.11. The number of aliphatic carboxylic acids is 1. The van der Waals surface area contributed by atoms with Gasteiger partial charge in [-0.3, -0.25) is 4.98 Å². The first-order valence-electron chi connectivity index (χ1n) is 3.56. The minimum Gasteiger partial charge on any atom is -0.476 e. The van der Waals surface area contributed by atoms with E-state index in [1.165, 1.54) is 18.3 Å². The number of hydrogen-bond donors (Lipinski definition) is 1. The second kappa shape index (κ2) is 3.84. The molecular weight excluding hydrogens is 177 g/mol. The number of aromatic nitrogens is 1. The van der Waals surface area contributed by atoms with Crippen LogP contribution in [0.5, 0.6) is 5.75 Å². The average molecular weight is 185 g/mol. The van der Waals surface area contributed by atoms with E-state index in [-0.39, 0.29) is 5.75 Å². The van der Waals surface area contributed by atoms with Gasteiger partial charge in [0, 0.05) is 6.20 Å². The average Bonchev–Trinajstić information content (AvgIpc) is 2.08. The molecule has 1 aromatic heterocycles. The lowest BCUT2D eigenvalue weighted by molar-refractivity contribution is -0.153. The summed E-state index contributed by atoms with van der Waals surface area (Å²) in [5.41, 5.74) is 0.450. The van der Waals surface area contributed by atoms with Crippen LogP contribution in [0.2, 0.25) is 0 Å². The van der Waals surface area contributed by atoms with Gasteiger partial charge < -0.3 is 9.84 Å². The number of halogens is 1. The van der Waals surface area contributed by atoms with E-state index in [9.17, 15) is 9.18 Å². The van der Waals surface area contributed by atoms with Gasteiger partial charge >= 0.3 is 12.3 Å². The highest BCUT2D eigenvalue weighted by Crippen LogP contribution is 2.15. The first-order valence-corrected chi connectivity index (χ1v) is 3.56. The number of carboxylic acids is 1. The van der Waals surface area contributed by atoms with Crippen LogP contribution in [-0.2, 0) is 4.79 Å². The molecule has 1 N–H and O–H groups in total. The molecule has 4 nitrogen and oxygen atoms in total. The lowest BCUT2D eigenvalue weighted by Gasteiger charge is -2.08. The standard InChI is InChI=1S/C8H8FNO3/c1-5-6(3-2-4-10-5)13-7(9)8(11)12/h2-4,7H,1H3,(H,11,12). The predicted octanol–water partition coefficient (Wildman–Crippen LogP) is 1.15. The van der Waals surface area contributed by atoms with Gasteiger partial charge in [0.25, 0.3) is 0 Å². The molecule has 1 unspecified atom stereocenters. The Morgan fingerprint density at radius 3 is 3.00 bits per heavy atom. The summed E-state index contributed by atoms with van der Waals surface area (Å²) in [4.78, 5) is 13.9. The SMILES string of the molecule is Cc1ncccc1OC(F)C(=O)O. The second-order valence-electron chi connectivity index (χ2n) is 2.36. The fourth-order valence-electron chi connectivity index (χ4n) is 0.756. The number of ether oxygens (including phenoxy) is 1.